The Hall–Kier alpha value is -1.59. The van der Waals surface area contributed by atoms with Gasteiger partial charge in [0.2, 0.25) is 0 Å². The topological polar surface area (TPSA) is 87.2 Å². The SMILES string of the molecule is CCNC(=NCC(C)CN1CCOCC1)NCCc1ccc(NC(=O)OC(C)(C)C)cc1.I. The number of hydrogen-bond donors (Lipinski definition) is 3. The molecule has 0 aromatic heterocycles. The number of carbonyl (C=O) groups excluding carboxylic acids is 1. The van der Waals surface area contributed by atoms with Crippen LogP contribution in [0.2, 0.25) is 0 Å². The third kappa shape index (κ3) is 13.0. The molecule has 0 radical (unpaired) electrons. The Labute approximate surface area is 216 Å². The van der Waals surface area contributed by atoms with E-state index < -0.39 is 11.7 Å². The van der Waals surface area contributed by atoms with Gasteiger partial charge in [-0.15, -0.1) is 24.0 Å². The lowest BCUT2D eigenvalue weighted by atomic mass is 10.1. The number of nitrogens with one attached hydrogen (secondary N) is 3. The summed E-state index contributed by atoms with van der Waals surface area (Å²) >= 11 is 0. The maximum absolute atomic E-state index is 11.9. The quantitative estimate of drug-likeness (QED) is 0.237. The van der Waals surface area contributed by atoms with E-state index in [0.717, 1.165) is 70.6 Å². The maximum atomic E-state index is 11.9. The predicted molar refractivity (Wildman–Crippen MR) is 146 cm³/mol. The van der Waals surface area contributed by atoms with Crippen molar-refractivity contribution in [2.75, 3.05) is 57.8 Å². The van der Waals surface area contributed by atoms with Crippen LogP contribution >= 0.6 is 24.0 Å². The molecule has 1 unspecified atom stereocenters. The van der Waals surface area contributed by atoms with E-state index in [9.17, 15) is 4.79 Å². The minimum atomic E-state index is -0.512. The number of halogens is 1. The molecule has 0 bridgehead atoms. The fourth-order valence-electron chi connectivity index (χ4n) is 3.37. The van der Waals surface area contributed by atoms with Crippen LogP contribution in [0.15, 0.2) is 29.3 Å². The molecular weight excluding hydrogens is 533 g/mol. The van der Waals surface area contributed by atoms with E-state index in [-0.39, 0.29) is 24.0 Å². The molecule has 1 aliphatic heterocycles. The Bertz CT molecular complexity index is 716. The van der Waals surface area contributed by atoms with Crippen LogP contribution in [-0.4, -0.2) is 75.0 Å². The molecule has 33 heavy (non-hydrogen) atoms. The van der Waals surface area contributed by atoms with Gasteiger partial charge in [-0.05, 0) is 57.7 Å². The number of anilines is 1. The van der Waals surface area contributed by atoms with E-state index in [1.165, 1.54) is 5.56 Å². The Kier molecular flexibility index (Phi) is 13.7. The first-order valence-electron chi connectivity index (χ1n) is 11.7. The van der Waals surface area contributed by atoms with Crippen LogP contribution in [0.4, 0.5) is 10.5 Å². The minimum absolute atomic E-state index is 0. The van der Waals surface area contributed by atoms with Gasteiger partial charge in [-0.25, -0.2) is 4.79 Å². The molecule has 188 valence electrons. The number of amides is 1. The number of rotatable bonds is 9. The zero-order valence-corrected chi connectivity index (χ0v) is 23.1. The van der Waals surface area contributed by atoms with Crippen molar-refractivity contribution in [3.05, 3.63) is 29.8 Å². The normalized spacial score (nSPS) is 15.8. The van der Waals surface area contributed by atoms with E-state index in [4.69, 9.17) is 14.5 Å². The first-order chi connectivity index (χ1) is 15.2. The number of morpholine rings is 1. The van der Waals surface area contributed by atoms with Gasteiger partial charge < -0.3 is 20.1 Å². The highest BCUT2D eigenvalue weighted by Crippen LogP contribution is 2.13. The molecule has 1 aromatic carbocycles. The molecule has 1 saturated heterocycles. The highest BCUT2D eigenvalue weighted by atomic mass is 127. The van der Waals surface area contributed by atoms with Crippen molar-refractivity contribution < 1.29 is 14.3 Å². The molecule has 0 saturated carbocycles. The summed E-state index contributed by atoms with van der Waals surface area (Å²) in [6.45, 7) is 17.0. The number of guanidine groups is 1. The lowest BCUT2D eigenvalue weighted by molar-refractivity contribution is 0.0323. The molecule has 1 fully saturated rings. The van der Waals surface area contributed by atoms with Crippen LogP contribution in [0.3, 0.4) is 0 Å². The van der Waals surface area contributed by atoms with Gasteiger partial charge in [0.1, 0.15) is 5.60 Å². The summed E-state index contributed by atoms with van der Waals surface area (Å²) < 4.78 is 10.7. The Morgan fingerprint density at radius 2 is 1.85 bits per heavy atom. The second-order valence-corrected chi connectivity index (χ2v) is 9.24. The number of aliphatic imine (C=N–C) groups is 1. The summed E-state index contributed by atoms with van der Waals surface area (Å²) in [5.74, 6) is 1.35. The van der Waals surface area contributed by atoms with Crippen LogP contribution in [0.1, 0.15) is 40.2 Å². The standard InChI is InChI=1S/C24H41N5O3.HI/c1-6-25-22(27-17-19(2)18-29-13-15-31-16-14-29)26-12-11-20-7-9-21(10-8-20)28-23(30)32-24(3,4)5;/h7-10,19H,6,11-18H2,1-5H3,(H,28,30)(H2,25,26,27);1H. The molecule has 1 aliphatic rings. The van der Waals surface area contributed by atoms with Gasteiger partial charge in [-0.3, -0.25) is 15.2 Å². The largest absolute Gasteiger partial charge is 0.444 e. The monoisotopic (exact) mass is 575 g/mol. The smallest absolute Gasteiger partial charge is 0.412 e. The zero-order valence-electron chi connectivity index (χ0n) is 20.8. The van der Waals surface area contributed by atoms with Crippen LogP contribution in [0.25, 0.3) is 0 Å². The highest BCUT2D eigenvalue weighted by Gasteiger charge is 2.16. The van der Waals surface area contributed by atoms with Gasteiger partial charge in [0.15, 0.2) is 5.96 Å². The van der Waals surface area contributed by atoms with Crippen molar-refractivity contribution in [2.45, 2.75) is 46.6 Å². The van der Waals surface area contributed by atoms with Crippen LogP contribution in [-0.2, 0) is 15.9 Å². The summed E-state index contributed by atoms with van der Waals surface area (Å²) in [4.78, 5) is 19.1. The minimum Gasteiger partial charge on any atom is -0.444 e. The van der Waals surface area contributed by atoms with Crippen LogP contribution < -0.4 is 16.0 Å². The summed E-state index contributed by atoms with van der Waals surface area (Å²) in [7, 11) is 0. The predicted octanol–water partition coefficient (Wildman–Crippen LogP) is 3.72. The third-order valence-corrected chi connectivity index (χ3v) is 4.88. The first kappa shape index (κ1) is 29.4. The molecule has 9 heteroatoms. The molecular formula is C24H42IN5O3. The molecule has 1 amide bonds. The van der Waals surface area contributed by atoms with Crippen molar-refractivity contribution >= 4 is 41.7 Å². The lowest BCUT2D eigenvalue weighted by Gasteiger charge is -2.28. The maximum Gasteiger partial charge on any atom is 0.412 e. The van der Waals surface area contributed by atoms with E-state index in [2.05, 4.69) is 34.7 Å². The Balaban J connectivity index is 0.00000544. The molecule has 1 aromatic rings. The van der Waals surface area contributed by atoms with Gasteiger partial charge >= 0.3 is 6.09 Å². The third-order valence-electron chi connectivity index (χ3n) is 4.88. The van der Waals surface area contributed by atoms with Crippen molar-refractivity contribution in [1.82, 2.24) is 15.5 Å². The second kappa shape index (κ2) is 15.3. The average Bonchev–Trinajstić information content (AvgIpc) is 2.72. The number of nitrogens with zero attached hydrogens (tertiary/aromatic N) is 2. The zero-order chi connectivity index (χ0) is 23.4. The number of benzene rings is 1. The van der Waals surface area contributed by atoms with Crippen LogP contribution in [0.5, 0.6) is 0 Å². The lowest BCUT2D eigenvalue weighted by Crippen LogP contribution is -2.40. The van der Waals surface area contributed by atoms with E-state index in [1.807, 2.05) is 45.0 Å². The van der Waals surface area contributed by atoms with Crippen LogP contribution in [0, 0.1) is 5.92 Å². The Morgan fingerprint density at radius 1 is 1.18 bits per heavy atom. The fraction of sp³-hybridized carbons (Fsp3) is 0.667. The first-order valence-corrected chi connectivity index (χ1v) is 11.7. The molecule has 1 heterocycles. The summed E-state index contributed by atoms with van der Waals surface area (Å²) in [5.41, 5.74) is 1.39. The Morgan fingerprint density at radius 3 is 2.45 bits per heavy atom. The van der Waals surface area contributed by atoms with Crippen molar-refractivity contribution in [3.8, 4) is 0 Å². The number of hydrogen-bond acceptors (Lipinski definition) is 5. The van der Waals surface area contributed by atoms with Gasteiger partial charge in [0.05, 0.1) is 13.2 Å². The molecule has 0 spiro atoms. The number of ether oxygens (including phenoxy) is 2. The van der Waals surface area contributed by atoms with Gasteiger partial charge in [-0.1, -0.05) is 19.1 Å². The van der Waals surface area contributed by atoms with E-state index in [1.54, 1.807) is 0 Å². The fourth-order valence-corrected chi connectivity index (χ4v) is 3.37. The summed E-state index contributed by atoms with van der Waals surface area (Å²) in [5, 5.41) is 9.49. The van der Waals surface area contributed by atoms with Crippen molar-refractivity contribution in [2.24, 2.45) is 10.9 Å². The summed E-state index contributed by atoms with van der Waals surface area (Å²) in [6, 6.07) is 7.82. The molecule has 1 atom stereocenters. The van der Waals surface area contributed by atoms with E-state index >= 15 is 0 Å². The highest BCUT2D eigenvalue weighted by molar-refractivity contribution is 14.0. The van der Waals surface area contributed by atoms with Gasteiger partial charge in [-0.2, -0.15) is 0 Å². The van der Waals surface area contributed by atoms with E-state index in [0.29, 0.717) is 5.92 Å². The second-order valence-electron chi connectivity index (χ2n) is 9.24. The number of carbonyl (C=O) groups is 1. The van der Waals surface area contributed by atoms with Crippen molar-refractivity contribution in [1.29, 1.82) is 0 Å². The van der Waals surface area contributed by atoms with Gasteiger partial charge in [0, 0.05) is 45.0 Å². The molecule has 2 rings (SSSR count). The molecule has 8 nitrogen and oxygen atoms in total. The molecule has 3 N–H and O–H groups in total. The molecule has 0 aliphatic carbocycles. The average molecular weight is 576 g/mol. The summed E-state index contributed by atoms with van der Waals surface area (Å²) in [6.07, 6.45) is 0.418. The van der Waals surface area contributed by atoms with Crippen molar-refractivity contribution in [3.63, 3.8) is 0 Å². The van der Waals surface area contributed by atoms with Gasteiger partial charge in [0.25, 0.3) is 0 Å².